The van der Waals surface area contributed by atoms with Crippen LogP contribution >= 0.6 is 0 Å². The third-order valence-corrected chi connectivity index (χ3v) is 6.85. The fourth-order valence-electron chi connectivity index (χ4n) is 4.21. The summed E-state index contributed by atoms with van der Waals surface area (Å²) in [6.07, 6.45) is 0. The van der Waals surface area contributed by atoms with E-state index in [0.717, 1.165) is 0 Å². The summed E-state index contributed by atoms with van der Waals surface area (Å²) >= 11 is 0. The highest BCUT2D eigenvalue weighted by atomic mass is 14.1. The topological polar surface area (TPSA) is 0 Å². The fraction of sp³-hybridized carbons (Fsp3) is 0.375. The third kappa shape index (κ3) is 5.41. The van der Waals surface area contributed by atoms with Crippen LogP contribution in [-0.2, 0) is 0 Å². The van der Waals surface area contributed by atoms with Gasteiger partial charge in [-0.25, -0.2) is 0 Å². The number of rotatable bonds is 0. The van der Waals surface area contributed by atoms with Gasteiger partial charge in [0.2, 0.25) is 0 Å². The molecule has 0 aliphatic carbocycles. The van der Waals surface area contributed by atoms with Gasteiger partial charge in [-0.15, -0.1) is 0 Å². The molecule has 0 heterocycles. The Balaban J connectivity index is 0.000000277. The van der Waals surface area contributed by atoms with Crippen LogP contribution in [0.3, 0.4) is 0 Å². The van der Waals surface area contributed by atoms with Crippen LogP contribution in [0.25, 0.3) is 21.5 Å². The van der Waals surface area contributed by atoms with Crippen LogP contribution in [-0.4, -0.2) is 0 Å². The molecule has 0 aliphatic rings. The smallest absolute Gasteiger partial charge is 0.0149 e. The monoisotopic (exact) mass is 428 g/mol. The standard InChI is InChI=1S/2C14H16.2C2H6/c2*1-9-10(2)12(4)14-8-6-5-7-13(14)11(9)3;2*1-2/h2*5-8H,1-4H3;2*1-2H3. The van der Waals surface area contributed by atoms with E-state index in [4.69, 9.17) is 0 Å². The molecule has 4 rings (SSSR count). The maximum Gasteiger partial charge on any atom is -0.0149 e. The number of fused-ring (bicyclic) bond motifs is 2. The molecule has 0 amide bonds. The van der Waals surface area contributed by atoms with Crippen LogP contribution in [0.1, 0.15) is 72.2 Å². The summed E-state index contributed by atoms with van der Waals surface area (Å²) in [6.45, 7) is 25.7. The van der Waals surface area contributed by atoms with E-state index in [0.29, 0.717) is 0 Å². The molecule has 0 radical (unpaired) electrons. The van der Waals surface area contributed by atoms with E-state index >= 15 is 0 Å². The zero-order valence-corrected chi connectivity index (χ0v) is 22.6. The lowest BCUT2D eigenvalue weighted by molar-refractivity contribution is 1.25. The highest BCUT2D eigenvalue weighted by Crippen LogP contribution is 2.29. The Bertz CT molecular complexity index is 988. The summed E-state index contributed by atoms with van der Waals surface area (Å²) in [5.74, 6) is 0. The molecule has 0 aromatic heterocycles. The Morgan fingerprint density at radius 1 is 0.281 bits per heavy atom. The lowest BCUT2D eigenvalue weighted by Crippen LogP contribution is -1.93. The van der Waals surface area contributed by atoms with E-state index in [2.05, 4.69) is 104 Å². The Labute approximate surface area is 197 Å². The van der Waals surface area contributed by atoms with Gasteiger partial charge in [-0.1, -0.05) is 76.2 Å². The highest BCUT2D eigenvalue weighted by molar-refractivity contribution is 5.91. The lowest BCUT2D eigenvalue weighted by atomic mass is 9.92. The average molecular weight is 429 g/mol. The second-order valence-corrected chi connectivity index (χ2v) is 8.09. The largest absolute Gasteiger partial charge is 0.0683 e. The Hall–Kier alpha value is -2.60. The SMILES string of the molecule is CC.CC.Cc1c(C)c(C)c2ccccc2c1C.Cc1c(C)c(C)c2ccccc2c1C. The molecule has 0 atom stereocenters. The van der Waals surface area contributed by atoms with Gasteiger partial charge in [0.05, 0.1) is 0 Å². The van der Waals surface area contributed by atoms with Gasteiger partial charge in [-0.3, -0.25) is 0 Å². The summed E-state index contributed by atoms with van der Waals surface area (Å²) in [5, 5.41) is 5.59. The highest BCUT2D eigenvalue weighted by Gasteiger charge is 2.08. The minimum atomic E-state index is 1.40. The van der Waals surface area contributed by atoms with Gasteiger partial charge in [0.15, 0.2) is 0 Å². The summed E-state index contributed by atoms with van der Waals surface area (Å²) in [7, 11) is 0. The van der Waals surface area contributed by atoms with Crippen molar-refractivity contribution in [1.29, 1.82) is 0 Å². The Kier molecular flexibility index (Phi) is 10.7. The summed E-state index contributed by atoms with van der Waals surface area (Å²) in [5.41, 5.74) is 11.4. The van der Waals surface area contributed by atoms with Crippen LogP contribution < -0.4 is 0 Å². The number of hydrogen-bond acceptors (Lipinski definition) is 0. The summed E-state index contributed by atoms with van der Waals surface area (Å²) < 4.78 is 0. The molecule has 0 nitrogen and oxygen atoms in total. The molecule has 0 bridgehead atoms. The predicted octanol–water partition coefficient (Wildman–Crippen LogP) is 10.2. The summed E-state index contributed by atoms with van der Waals surface area (Å²) in [4.78, 5) is 0. The molecule has 0 aliphatic heterocycles. The third-order valence-electron chi connectivity index (χ3n) is 6.85. The normalized spacial score (nSPS) is 9.88. The van der Waals surface area contributed by atoms with Crippen LogP contribution in [0.15, 0.2) is 48.5 Å². The van der Waals surface area contributed by atoms with Gasteiger partial charge >= 0.3 is 0 Å². The minimum absolute atomic E-state index is 1.40. The molecule has 0 saturated heterocycles. The van der Waals surface area contributed by atoms with E-state index in [1.165, 1.54) is 66.1 Å². The molecule has 4 aromatic rings. The minimum Gasteiger partial charge on any atom is -0.0683 e. The van der Waals surface area contributed by atoms with Gasteiger partial charge in [0.1, 0.15) is 0 Å². The van der Waals surface area contributed by atoms with Crippen molar-refractivity contribution in [1.82, 2.24) is 0 Å². The van der Waals surface area contributed by atoms with Crippen LogP contribution in [0.5, 0.6) is 0 Å². The van der Waals surface area contributed by atoms with E-state index in [1.54, 1.807) is 0 Å². The molecular weight excluding hydrogens is 384 g/mol. The fourth-order valence-corrected chi connectivity index (χ4v) is 4.21. The molecule has 32 heavy (non-hydrogen) atoms. The van der Waals surface area contributed by atoms with Crippen molar-refractivity contribution in [3.8, 4) is 0 Å². The van der Waals surface area contributed by atoms with Crippen molar-refractivity contribution in [2.45, 2.75) is 83.1 Å². The van der Waals surface area contributed by atoms with Crippen molar-refractivity contribution < 1.29 is 0 Å². The number of benzene rings is 4. The van der Waals surface area contributed by atoms with Gasteiger partial charge in [-0.05, 0) is 121 Å². The first-order valence-electron chi connectivity index (χ1n) is 12.2. The van der Waals surface area contributed by atoms with Crippen LogP contribution in [0, 0.1) is 55.4 Å². The van der Waals surface area contributed by atoms with Gasteiger partial charge in [0.25, 0.3) is 0 Å². The molecule has 0 N–H and O–H groups in total. The van der Waals surface area contributed by atoms with Crippen molar-refractivity contribution in [2.75, 3.05) is 0 Å². The molecule has 0 fully saturated rings. The Morgan fingerprint density at radius 2 is 0.438 bits per heavy atom. The van der Waals surface area contributed by atoms with E-state index in [1.807, 2.05) is 27.7 Å². The first kappa shape index (κ1) is 27.4. The van der Waals surface area contributed by atoms with E-state index < -0.39 is 0 Å². The molecule has 0 saturated carbocycles. The zero-order valence-electron chi connectivity index (χ0n) is 22.6. The maximum atomic E-state index is 2.21. The van der Waals surface area contributed by atoms with Crippen molar-refractivity contribution >= 4 is 21.5 Å². The molecule has 0 heteroatoms. The Morgan fingerprint density at radius 3 is 0.594 bits per heavy atom. The van der Waals surface area contributed by atoms with Gasteiger partial charge in [-0.2, -0.15) is 0 Å². The number of hydrogen-bond donors (Lipinski definition) is 0. The molecule has 0 spiro atoms. The number of aryl methyl sites for hydroxylation is 4. The van der Waals surface area contributed by atoms with Crippen molar-refractivity contribution in [3.63, 3.8) is 0 Å². The molecule has 4 aromatic carbocycles. The lowest BCUT2D eigenvalue weighted by Gasteiger charge is -2.13. The van der Waals surface area contributed by atoms with Gasteiger partial charge in [0, 0.05) is 0 Å². The van der Waals surface area contributed by atoms with E-state index in [-0.39, 0.29) is 0 Å². The first-order chi connectivity index (χ1) is 15.3. The first-order valence-corrected chi connectivity index (χ1v) is 12.2. The van der Waals surface area contributed by atoms with Crippen LogP contribution in [0.4, 0.5) is 0 Å². The maximum absolute atomic E-state index is 2.21. The quantitative estimate of drug-likeness (QED) is 0.261. The second-order valence-electron chi connectivity index (χ2n) is 8.09. The summed E-state index contributed by atoms with van der Waals surface area (Å²) in [6, 6.07) is 17.3. The zero-order chi connectivity index (χ0) is 24.6. The second kappa shape index (κ2) is 12.4. The predicted molar refractivity (Wildman–Crippen MR) is 148 cm³/mol. The van der Waals surface area contributed by atoms with Crippen molar-refractivity contribution in [2.24, 2.45) is 0 Å². The van der Waals surface area contributed by atoms with E-state index in [9.17, 15) is 0 Å². The molecular formula is C32H44. The van der Waals surface area contributed by atoms with Gasteiger partial charge < -0.3 is 0 Å². The average Bonchev–Trinajstić information content (AvgIpc) is 2.86. The molecule has 172 valence electrons. The van der Waals surface area contributed by atoms with Crippen LogP contribution in [0.2, 0.25) is 0 Å². The molecule has 0 unspecified atom stereocenters. The van der Waals surface area contributed by atoms with Crippen molar-refractivity contribution in [3.05, 3.63) is 93.0 Å².